The van der Waals surface area contributed by atoms with Crippen LogP contribution in [0.3, 0.4) is 0 Å². The number of allylic oxidation sites excluding steroid dienone is 2. The summed E-state index contributed by atoms with van der Waals surface area (Å²) < 4.78 is 63.1. The topological polar surface area (TPSA) is 48.8 Å². The maximum atomic E-state index is 13.4. The molecule has 1 unspecified atom stereocenters. The van der Waals surface area contributed by atoms with Crippen LogP contribution in [0.1, 0.15) is 0 Å². The summed E-state index contributed by atoms with van der Waals surface area (Å²) in [5.74, 6) is -1.46. The van der Waals surface area contributed by atoms with E-state index >= 15 is 0 Å². The first kappa shape index (κ1) is 11.5. The van der Waals surface area contributed by atoms with Crippen molar-refractivity contribution in [1.29, 1.82) is 0 Å². The predicted octanol–water partition coefficient (Wildman–Crippen LogP) is 3.36. The zero-order valence-electron chi connectivity index (χ0n) is 7.04. The molecule has 1 aliphatic rings. The molecular weight excluding hydrogens is 221 g/mol. The summed E-state index contributed by atoms with van der Waals surface area (Å²) in [6.07, 6.45) is -4.02. The first-order valence-corrected chi connectivity index (χ1v) is 3.67. The molecule has 15 heavy (non-hydrogen) atoms. The Balaban J connectivity index is 3.24. The van der Waals surface area contributed by atoms with E-state index in [2.05, 4.69) is 5.11 Å². The molecule has 0 fully saturated rings. The van der Waals surface area contributed by atoms with Gasteiger partial charge in [0.25, 0.3) is 0 Å². The SMILES string of the molecule is [N-]=[N+]=N[C@H]1C(F)=CC=CC1(F)C(F)(F)F. The maximum Gasteiger partial charge on any atom is 0.427 e. The number of rotatable bonds is 1. The second-order valence-electron chi connectivity index (χ2n) is 2.78. The van der Waals surface area contributed by atoms with Gasteiger partial charge in [-0.05, 0) is 17.7 Å². The van der Waals surface area contributed by atoms with Crippen molar-refractivity contribution >= 4 is 0 Å². The Kier molecular flexibility index (Phi) is 2.72. The summed E-state index contributed by atoms with van der Waals surface area (Å²) in [6.45, 7) is 0. The van der Waals surface area contributed by atoms with E-state index < -0.39 is 23.7 Å². The third-order valence-corrected chi connectivity index (χ3v) is 1.85. The first-order chi connectivity index (χ1) is 6.83. The minimum atomic E-state index is -5.34. The summed E-state index contributed by atoms with van der Waals surface area (Å²) >= 11 is 0. The molecule has 8 heteroatoms. The number of alkyl halides is 4. The molecule has 0 saturated carbocycles. The van der Waals surface area contributed by atoms with Crippen molar-refractivity contribution < 1.29 is 22.0 Å². The molecule has 0 bridgehead atoms. The van der Waals surface area contributed by atoms with Crippen LogP contribution in [-0.4, -0.2) is 17.9 Å². The lowest BCUT2D eigenvalue weighted by atomic mass is 9.91. The van der Waals surface area contributed by atoms with Gasteiger partial charge in [0.1, 0.15) is 11.9 Å². The largest absolute Gasteiger partial charge is 0.427 e. The van der Waals surface area contributed by atoms with Crippen molar-refractivity contribution in [3.05, 3.63) is 34.5 Å². The molecule has 0 aliphatic heterocycles. The highest BCUT2D eigenvalue weighted by atomic mass is 19.4. The molecule has 82 valence electrons. The molecule has 0 saturated heterocycles. The van der Waals surface area contributed by atoms with E-state index in [9.17, 15) is 22.0 Å². The van der Waals surface area contributed by atoms with E-state index in [0.29, 0.717) is 12.2 Å². The Morgan fingerprint density at radius 1 is 1.47 bits per heavy atom. The number of hydrogen-bond donors (Lipinski definition) is 0. The summed E-state index contributed by atoms with van der Waals surface area (Å²) in [7, 11) is 0. The van der Waals surface area contributed by atoms with Crippen LogP contribution >= 0.6 is 0 Å². The van der Waals surface area contributed by atoms with Gasteiger partial charge in [-0.25, -0.2) is 8.78 Å². The average molecular weight is 225 g/mol. The lowest BCUT2D eigenvalue weighted by Gasteiger charge is -2.30. The predicted molar refractivity (Wildman–Crippen MR) is 41.2 cm³/mol. The average Bonchev–Trinajstić information content (AvgIpc) is 2.10. The Morgan fingerprint density at radius 2 is 2.07 bits per heavy atom. The molecule has 3 nitrogen and oxygen atoms in total. The molecule has 0 heterocycles. The first-order valence-electron chi connectivity index (χ1n) is 3.67. The van der Waals surface area contributed by atoms with Crippen molar-refractivity contribution in [2.45, 2.75) is 17.9 Å². The molecule has 0 radical (unpaired) electrons. The maximum absolute atomic E-state index is 13.4. The van der Waals surface area contributed by atoms with Crippen LogP contribution in [0.2, 0.25) is 0 Å². The summed E-state index contributed by atoms with van der Waals surface area (Å²) in [5.41, 5.74) is 3.95. The summed E-state index contributed by atoms with van der Waals surface area (Å²) in [4.78, 5) is 1.99. The van der Waals surface area contributed by atoms with Gasteiger partial charge in [0.15, 0.2) is 0 Å². The molecule has 0 N–H and O–H groups in total. The number of azide groups is 1. The molecular formula is C7H4F5N3. The lowest BCUT2D eigenvalue weighted by Crippen LogP contribution is -2.49. The van der Waals surface area contributed by atoms with Crippen LogP contribution in [0, 0.1) is 0 Å². The zero-order chi connectivity index (χ0) is 11.7. The minimum Gasteiger partial charge on any atom is -0.228 e. The third-order valence-electron chi connectivity index (χ3n) is 1.85. The highest BCUT2D eigenvalue weighted by Gasteiger charge is 2.61. The van der Waals surface area contributed by atoms with Crippen molar-refractivity contribution in [3.63, 3.8) is 0 Å². The van der Waals surface area contributed by atoms with Crippen LogP contribution in [-0.2, 0) is 0 Å². The highest BCUT2D eigenvalue weighted by molar-refractivity contribution is 5.31. The minimum absolute atomic E-state index is 0.120. The van der Waals surface area contributed by atoms with Crippen LogP contribution < -0.4 is 0 Å². The van der Waals surface area contributed by atoms with Gasteiger partial charge in [-0.1, -0.05) is 11.2 Å². The number of nitrogens with zero attached hydrogens (tertiary/aromatic N) is 3. The van der Waals surface area contributed by atoms with Gasteiger partial charge in [-0.15, -0.1) is 0 Å². The van der Waals surface area contributed by atoms with E-state index in [1.807, 2.05) is 4.91 Å². The summed E-state index contributed by atoms with van der Waals surface area (Å²) in [5, 5.41) is 2.48. The zero-order valence-corrected chi connectivity index (χ0v) is 7.04. The van der Waals surface area contributed by atoms with Gasteiger partial charge in [0.2, 0.25) is 5.67 Å². The standard InChI is InChI=1S/C7H4F5N3/c8-4-2-1-3-6(9,7(10,11)12)5(4)14-15-13/h1-3,5H/t5-,6?/m0/s1. The van der Waals surface area contributed by atoms with Crippen LogP contribution in [0.5, 0.6) is 0 Å². The molecule has 0 aromatic carbocycles. The van der Waals surface area contributed by atoms with Gasteiger partial charge in [0.05, 0.1) is 0 Å². The van der Waals surface area contributed by atoms with Crippen LogP contribution in [0.4, 0.5) is 22.0 Å². The Labute approximate surface area is 80.5 Å². The fraction of sp³-hybridized carbons (Fsp3) is 0.429. The van der Waals surface area contributed by atoms with Crippen LogP contribution in [0.15, 0.2) is 29.2 Å². The van der Waals surface area contributed by atoms with Gasteiger partial charge in [-0.3, -0.25) is 0 Å². The van der Waals surface area contributed by atoms with Gasteiger partial charge >= 0.3 is 6.18 Å². The molecule has 1 rings (SSSR count). The monoisotopic (exact) mass is 225 g/mol. The fourth-order valence-electron chi connectivity index (χ4n) is 1.10. The van der Waals surface area contributed by atoms with Crippen molar-refractivity contribution in [2.24, 2.45) is 5.11 Å². The second-order valence-corrected chi connectivity index (χ2v) is 2.78. The molecule has 1 aliphatic carbocycles. The van der Waals surface area contributed by atoms with Crippen molar-refractivity contribution in [3.8, 4) is 0 Å². The number of halogens is 5. The molecule has 0 aromatic heterocycles. The van der Waals surface area contributed by atoms with Crippen molar-refractivity contribution in [1.82, 2.24) is 0 Å². The van der Waals surface area contributed by atoms with E-state index in [4.69, 9.17) is 5.53 Å². The van der Waals surface area contributed by atoms with E-state index in [1.54, 1.807) is 0 Å². The summed E-state index contributed by atoms with van der Waals surface area (Å²) in [6, 6.07) is -2.53. The van der Waals surface area contributed by atoms with E-state index in [-0.39, 0.29) is 6.08 Å². The Bertz CT molecular complexity index is 365. The van der Waals surface area contributed by atoms with Gasteiger partial charge < -0.3 is 0 Å². The van der Waals surface area contributed by atoms with E-state index in [0.717, 1.165) is 0 Å². The molecule has 0 amide bonds. The van der Waals surface area contributed by atoms with Crippen molar-refractivity contribution in [2.75, 3.05) is 0 Å². The Hall–Kier alpha value is -1.56. The quantitative estimate of drug-likeness (QED) is 0.284. The Morgan fingerprint density at radius 3 is 2.53 bits per heavy atom. The molecule has 0 spiro atoms. The lowest BCUT2D eigenvalue weighted by molar-refractivity contribution is -0.217. The van der Waals surface area contributed by atoms with Gasteiger partial charge in [0, 0.05) is 4.91 Å². The van der Waals surface area contributed by atoms with Crippen LogP contribution in [0.25, 0.3) is 10.4 Å². The number of hydrogen-bond acceptors (Lipinski definition) is 1. The molecule has 2 atom stereocenters. The normalized spacial score (nSPS) is 30.7. The smallest absolute Gasteiger partial charge is 0.228 e. The highest BCUT2D eigenvalue weighted by Crippen LogP contribution is 2.43. The molecule has 0 aromatic rings. The van der Waals surface area contributed by atoms with Gasteiger partial charge in [-0.2, -0.15) is 13.2 Å². The third kappa shape index (κ3) is 1.80. The van der Waals surface area contributed by atoms with E-state index in [1.165, 1.54) is 0 Å². The fourth-order valence-corrected chi connectivity index (χ4v) is 1.10. The second kappa shape index (κ2) is 3.54.